The molecule has 0 radical (unpaired) electrons. The topological polar surface area (TPSA) is 72.5 Å². The molecule has 7 nitrogen and oxygen atoms in total. The van der Waals surface area contributed by atoms with Gasteiger partial charge in [0.25, 0.3) is 0 Å². The Labute approximate surface area is 158 Å². The van der Waals surface area contributed by atoms with Gasteiger partial charge in [0.2, 0.25) is 0 Å². The van der Waals surface area contributed by atoms with Gasteiger partial charge in [-0.05, 0) is 6.42 Å². The second kappa shape index (κ2) is 22.3. The molecule has 0 amide bonds. The van der Waals surface area contributed by atoms with E-state index in [0.29, 0.717) is 72.5 Å². The van der Waals surface area contributed by atoms with Gasteiger partial charge in [-0.15, -0.1) is 0 Å². The standard InChI is InChI=1S/C19H38O7/c1-3-4-5-6-7-8-19(20)26-18-17-25-16-15-24-14-13-23-12-11-22-10-9-21-2/h3-18H2,1-2H3. The van der Waals surface area contributed by atoms with Crippen molar-refractivity contribution in [1.29, 1.82) is 0 Å². The molecule has 0 N–H and O–H groups in total. The van der Waals surface area contributed by atoms with Crippen molar-refractivity contribution in [2.24, 2.45) is 0 Å². The lowest BCUT2D eigenvalue weighted by atomic mass is 10.1. The fourth-order valence-corrected chi connectivity index (χ4v) is 2.06. The largest absolute Gasteiger partial charge is 0.463 e. The zero-order valence-corrected chi connectivity index (χ0v) is 16.7. The van der Waals surface area contributed by atoms with Gasteiger partial charge in [0.15, 0.2) is 0 Å². The van der Waals surface area contributed by atoms with Crippen molar-refractivity contribution >= 4 is 5.97 Å². The zero-order chi connectivity index (χ0) is 19.1. The highest BCUT2D eigenvalue weighted by Gasteiger charge is 2.02. The lowest BCUT2D eigenvalue weighted by Crippen LogP contribution is -2.14. The van der Waals surface area contributed by atoms with Crippen LogP contribution >= 0.6 is 0 Å². The summed E-state index contributed by atoms with van der Waals surface area (Å²) in [6.45, 7) is 7.21. The minimum atomic E-state index is -0.135. The van der Waals surface area contributed by atoms with Gasteiger partial charge in [-0.2, -0.15) is 0 Å². The number of hydrogen-bond donors (Lipinski definition) is 0. The summed E-state index contributed by atoms with van der Waals surface area (Å²) in [5.74, 6) is -0.135. The molecular formula is C19H38O7. The number of methoxy groups -OCH3 is 1. The molecule has 0 atom stereocenters. The highest BCUT2D eigenvalue weighted by Crippen LogP contribution is 2.05. The fraction of sp³-hybridized carbons (Fsp3) is 0.947. The van der Waals surface area contributed by atoms with E-state index in [9.17, 15) is 4.79 Å². The normalized spacial score (nSPS) is 11.0. The summed E-state index contributed by atoms with van der Waals surface area (Å²) in [6.07, 6.45) is 6.16. The average molecular weight is 379 g/mol. The lowest BCUT2D eigenvalue weighted by molar-refractivity contribution is -0.145. The minimum absolute atomic E-state index is 0.135. The van der Waals surface area contributed by atoms with E-state index in [1.54, 1.807) is 7.11 Å². The van der Waals surface area contributed by atoms with Crippen LogP contribution in [-0.2, 0) is 33.2 Å². The van der Waals surface area contributed by atoms with Gasteiger partial charge < -0.3 is 28.4 Å². The second-order valence-electron chi connectivity index (χ2n) is 5.83. The molecule has 0 saturated carbocycles. The number of ether oxygens (including phenoxy) is 6. The third-order valence-electron chi connectivity index (χ3n) is 3.52. The van der Waals surface area contributed by atoms with E-state index < -0.39 is 0 Å². The highest BCUT2D eigenvalue weighted by atomic mass is 16.6. The smallest absolute Gasteiger partial charge is 0.305 e. The molecule has 156 valence electrons. The molecule has 0 aliphatic rings. The minimum Gasteiger partial charge on any atom is -0.463 e. The van der Waals surface area contributed by atoms with Crippen LogP contribution in [0.2, 0.25) is 0 Å². The van der Waals surface area contributed by atoms with E-state index in [0.717, 1.165) is 12.8 Å². The maximum absolute atomic E-state index is 11.5. The number of rotatable bonds is 21. The number of unbranched alkanes of at least 4 members (excludes halogenated alkanes) is 4. The Morgan fingerprint density at radius 3 is 1.58 bits per heavy atom. The van der Waals surface area contributed by atoms with Crippen LogP contribution in [0.1, 0.15) is 45.4 Å². The van der Waals surface area contributed by atoms with Crippen LogP contribution in [-0.4, -0.2) is 79.1 Å². The first kappa shape index (κ1) is 25.3. The van der Waals surface area contributed by atoms with Crippen molar-refractivity contribution in [3.63, 3.8) is 0 Å². The lowest BCUT2D eigenvalue weighted by Gasteiger charge is -2.08. The summed E-state index contributed by atoms with van der Waals surface area (Å²) in [5, 5.41) is 0. The molecule has 0 aromatic heterocycles. The molecule has 7 heteroatoms. The fourth-order valence-electron chi connectivity index (χ4n) is 2.06. The van der Waals surface area contributed by atoms with Crippen LogP contribution in [0.5, 0.6) is 0 Å². The SMILES string of the molecule is CCCCCCCC(=O)OCCOCCOCCOCCOCCOC. The predicted octanol–water partition coefficient (Wildman–Crippen LogP) is 2.60. The summed E-state index contributed by atoms with van der Waals surface area (Å²) >= 11 is 0. The van der Waals surface area contributed by atoms with Crippen molar-refractivity contribution in [3.05, 3.63) is 0 Å². The Morgan fingerprint density at radius 1 is 0.615 bits per heavy atom. The quantitative estimate of drug-likeness (QED) is 0.224. The van der Waals surface area contributed by atoms with Crippen molar-refractivity contribution in [3.8, 4) is 0 Å². The first-order chi connectivity index (χ1) is 12.8. The van der Waals surface area contributed by atoms with Crippen LogP contribution in [0, 0.1) is 0 Å². The third-order valence-corrected chi connectivity index (χ3v) is 3.52. The van der Waals surface area contributed by atoms with Gasteiger partial charge >= 0.3 is 5.97 Å². The summed E-state index contributed by atoms with van der Waals surface area (Å²) in [4.78, 5) is 11.5. The molecule has 26 heavy (non-hydrogen) atoms. The molecule has 0 unspecified atom stereocenters. The maximum atomic E-state index is 11.5. The molecule has 0 spiro atoms. The first-order valence-electron chi connectivity index (χ1n) is 9.76. The number of carbonyl (C=O) groups is 1. The van der Waals surface area contributed by atoms with E-state index in [2.05, 4.69) is 6.92 Å². The summed E-state index contributed by atoms with van der Waals surface area (Å²) in [7, 11) is 1.64. The number of hydrogen-bond acceptors (Lipinski definition) is 7. The Hall–Kier alpha value is -0.730. The highest BCUT2D eigenvalue weighted by molar-refractivity contribution is 5.69. The Morgan fingerprint density at radius 2 is 1.08 bits per heavy atom. The van der Waals surface area contributed by atoms with E-state index in [1.807, 2.05) is 0 Å². The van der Waals surface area contributed by atoms with Crippen LogP contribution < -0.4 is 0 Å². The van der Waals surface area contributed by atoms with Gasteiger partial charge in [0, 0.05) is 13.5 Å². The summed E-state index contributed by atoms with van der Waals surface area (Å²) < 4.78 is 31.3. The second-order valence-corrected chi connectivity index (χ2v) is 5.83. The van der Waals surface area contributed by atoms with E-state index in [4.69, 9.17) is 28.4 Å². The number of carbonyl (C=O) groups excluding carboxylic acids is 1. The van der Waals surface area contributed by atoms with E-state index in [-0.39, 0.29) is 5.97 Å². The molecule has 0 bridgehead atoms. The average Bonchev–Trinajstić information content (AvgIpc) is 2.64. The monoisotopic (exact) mass is 378 g/mol. The van der Waals surface area contributed by atoms with Crippen molar-refractivity contribution in [2.75, 3.05) is 73.2 Å². The molecule has 0 aliphatic heterocycles. The Balaban J connectivity index is 3.09. The molecule has 0 fully saturated rings. The van der Waals surface area contributed by atoms with Crippen LogP contribution in [0.4, 0.5) is 0 Å². The van der Waals surface area contributed by atoms with E-state index in [1.165, 1.54) is 19.3 Å². The number of esters is 1. The van der Waals surface area contributed by atoms with Gasteiger partial charge in [-0.3, -0.25) is 4.79 Å². The van der Waals surface area contributed by atoms with Crippen LogP contribution in [0.3, 0.4) is 0 Å². The molecule has 0 aromatic carbocycles. The molecule has 0 aromatic rings. The molecule has 0 aliphatic carbocycles. The maximum Gasteiger partial charge on any atom is 0.305 e. The summed E-state index contributed by atoms with van der Waals surface area (Å²) in [6, 6.07) is 0. The van der Waals surface area contributed by atoms with Gasteiger partial charge in [-0.1, -0.05) is 32.6 Å². The first-order valence-corrected chi connectivity index (χ1v) is 9.76. The van der Waals surface area contributed by atoms with E-state index >= 15 is 0 Å². The zero-order valence-electron chi connectivity index (χ0n) is 16.7. The van der Waals surface area contributed by atoms with Crippen molar-refractivity contribution < 1.29 is 33.2 Å². The molecule has 0 rings (SSSR count). The molecular weight excluding hydrogens is 340 g/mol. The van der Waals surface area contributed by atoms with Gasteiger partial charge in [-0.25, -0.2) is 0 Å². The Bertz CT molecular complexity index is 287. The van der Waals surface area contributed by atoms with Crippen molar-refractivity contribution in [2.45, 2.75) is 45.4 Å². The van der Waals surface area contributed by atoms with Crippen LogP contribution in [0.25, 0.3) is 0 Å². The molecule has 0 saturated heterocycles. The van der Waals surface area contributed by atoms with Crippen molar-refractivity contribution in [1.82, 2.24) is 0 Å². The Kier molecular flexibility index (Phi) is 21.7. The summed E-state index contributed by atoms with van der Waals surface area (Å²) in [5.41, 5.74) is 0. The van der Waals surface area contributed by atoms with Gasteiger partial charge in [0.05, 0.1) is 59.5 Å². The van der Waals surface area contributed by atoms with Crippen LogP contribution in [0.15, 0.2) is 0 Å². The predicted molar refractivity (Wildman–Crippen MR) is 99.5 cm³/mol. The third kappa shape index (κ3) is 21.3. The van der Waals surface area contributed by atoms with Gasteiger partial charge in [0.1, 0.15) is 6.61 Å². The molecule has 0 heterocycles.